The summed E-state index contributed by atoms with van der Waals surface area (Å²) in [6, 6.07) is 8.25. The Labute approximate surface area is 114 Å². The minimum Gasteiger partial charge on any atom is -0.357 e. The first kappa shape index (κ1) is 12.9. The maximum Gasteiger partial charge on any atom is 0.247 e. The van der Waals surface area contributed by atoms with Crippen LogP contribution in [0.4, 0.5) is 0 Å². The normalized spacial score (nSPS) is 20.5. The zero-order chi connectivity index (χ0) is 12.3. The van der Waals surface area contributed by atoms with Crippen LogP contribution in [-0.2, 0) is 11.3 Å². The van der Waals surface area contributed by atoms with Gasteiger partial charge in [0.2, 0.25) is 5.91 Å². The fourth-order valence-electron chi connectivity index (χ4n) is 1.86. The standard InChI is InChI=1S/C12H15BrN2OS/c1-14-11(16)12-15(6-7-17-12)8-9-2-4-10(13)5-3-9/h2-5,12H,6-8H2,1H3,(H,14,16). The number of likely N-dealkylation sites (N-methyl/N-ethyl adjacent to an activating group) is 1. The van der Waals surface area contributed by atoms with Crippen LogP contribution in [0.1, 0.15) is 5.56 Å². The third kappa shape index (κ3) is 3.24. The fraction of sp³-hybridized carbons (Fsp3) is 0.417. The molecule has 0 radical (unpaired) electrons. The summed E-state index contributed by atoms with van der Waals surface area (Å²) in [6.45, 7) is 1.80. The fourth-order valence-corrected chi connectivity index (χ4v) is 3.34. The van der Waals surface area contributed by atoms with Crippen molar-refractivity contribution < 1.29 is 4.79 Å². The topological polar surface area (TPSA) is 32.3 Å². The summed E-state index contributed by atoms with van der Waals surface area (Å²) in [4.78, 5) is 13.9. The number of nitrogens with one attached hydrogen (secondary N) is 1. The van der Waals surface area contributed by atoms with Crippen molar-refractivity contribution in [2.45, 2.75) is 11.9 Å². The van der Waals surface area contributed by atoms with Crippen LogP contribution < -0.4 is 5.32 Å². The predicted molar refractivity (Wildman–Crippen MR) is 74.9 cm³/mol. The van der Waals surface area contributed by atoms with Crippen molar-refractivity contribution in [3.05, 3.63) is 34.3 Å². The summed E-state index contributed by atoms with van der Waals surface area (Å²) >= 11 is 5.13. The molecule has 1 aliphatic heterocycles. The van der Waals surface area contributed by atoms with Crippen molar-refractivity contribution in [1.82, 2.24) is 10.2 Å². The van der Waals surface area contributed by atoms with E-state index in [0.29, 0.717) is 0 Å². The van der Waals surface area contributed by atoms with Gasteiger partial charge in [-0.05, 0) is 17.7 Å². The van der Waals surface area contributed by atoms with Crippen molar-refractivity contribution in [3.63, 3.8) is 0 Å². The summed E-state index contributed by atoms with van der Waals surface area (Å²) < 4.78 is 1.08. The van der Waals surface area contributed by atoms with Gasteiger partial charge in [-0.2, -0.15) is 0 Å². The first-order chi connectivity index (χ1) is 8.20. The first-order valence-corrected chi connectivity index (χ1v) is 7.36. The Morgan fingerprint density at radius 2 is 2.24 bits per heavy atom. The largest absolute Gasteiger partial charge is 0.357 e. The van der Waals surface area contributed by atoms with Gasteiger partial charge in [-0.15, -0.1) is 11.8 Å². The lowest BCUT2D eigenvalue weighted by Gasteiger charge is -2.22. The van der Waals surface area contributed by atoms with Crippen LogP contribution in [0.5, 0.6) is 0 Å². The molecule has 5 heteroatoms. The van der Waals surface area contributed by atoms with Gasteiger partial charge >= 0.3 is 0 Å². The monoisotopic (exact) mass is 314 g/mol. The van der Waals surface area contributed by atoms with Gasteiger partial charge in [0.1, 0.15) is 5.37 Å². The highest BCUT2D eigenvalue weighted by Gasteiger charge is 2.30. The van der Waals surface area contributed by atoms with E-state index in [2.05, 4.69) is 38.3 Å². The molecule has 1 N–H and O–H groups in total. The van der Waals surface area contributed by atoms with E-state index < -0.39 is 0 Å². The van der Waals surface area contributed by atoms with E-state index in [1.54, 1.807) is 18.8 Å². The molecule has 92 valence electrons. The van der Waals surface area contributed by atoms with E-state index >= 15 is 0 Å². The smallest absolute Gasteiger partial charge is 0.247 e. The van der Waals surface area contributed by atoms with Gasteiger partial charge in [-0.3, -0.25) is 9.69 Å². The van der Waals surface area contributed by atoms with Gasteiger partial charge < -0.3 is 5.32 Å². The predicted octanol–water partition coefficient (Wildman–Crippen LogP) is 2.07. The van der Waals surface area contributed by atoms with E-state index in [9.17, 15) is 4.79 Å². The molecule has 1 aromatic rings. The minimum absolute atomic E-state index is 0.0383. The average Bonchev–Trinajstić information content (AvgIpc) is 2.79. The van der Waals surface area contributed by atoms with Crippen LogP contribution in [0.15, 0.2) is 28.7 Å². The second-order valence-corrected chi connectivity index (χ2v) is 6.04. The maximum atomic E-state index is 11.7. The Bertz CT molecular complexity index is 396. The molecule has 2 rings (SSSR count). The van der Waals surface area contributed by atoms with E-state index in [0.717, 1.165) is 23.3 Å². The molecule has 0 aromatic heterocycles. The van der Waals surface area contributed by atoms with Crippen LogP contribution in [-0.4, -0.2) is 35.5 Å². The minimum atomic E-state index is -0.0383. The highest BCUT2D eigenvalue weighted by molar-refractivity contribution is 9.10. The number of amides is 1. The van der Waals surface area contributed by atoms with Gasteiger partial charge in [0.25, 0.3) is 0 Å². The number of benzene rings is 1. The second kappa shape index (κ2) is 5.89. The average molecular weight is 315 g/mol. The van der Waals surface area contributed by atoms with E-state index in [1.807, 2.05) is 12.1 Å². The quantitative estimate of drug-likeness (QED) is 0.927. The van der Waals surface area contributed by atoms with Crippen molar-refractivity contribution in [3.8, 4) is 0 Å². The Hall–Kier alpha value is -0.520. The molecule has 1 heterocycles. The van der Waals surface area contributed by atoms with Crippen LogP contribution in [0, 0.1) is 0 Å². The van der Waals surface area contributed by atoms with Crippen molar-refractivity contribution in [2.75, 3.05) is 19.3 Å². The van der Waals surface area contributed by atoms with E-state index in [-0.39, 0.29) is 11.3 Å². The summed E-state index contributed by atoms with van der Waals surface area (Å²) in [7, 11) is 1.69. The molecule has 1 atom stereocenters. The van der Waals surface area contributed by atoms with Crippen molar-refractivity contribution in [2.24, 2.45) is 0 Å². The first-order valence-electron chi connectivity index (χ1n) is 5.52. The van der Waals surface area contributed by atoms with Gasteiger partial charge in [-0.1, -0.05) is 28.1 Å². The summed E-state index contributed by atoms with van der Waals surface area (Å²) in [5, 5.41) is 2.68. The van der Waals surface area contributed by atoms with Crippen LogP contribution in [0.3, 0.4) is 0 Å². The lowest BCUT2D eigenvalue weighted by atomic mass is 10.2. The number of hydrogen-bond acceptors (Lipinski definition) is 3. The molecule has 1 aromatic carbocycles. The number of carbonyl (C=O) groups is 1. The molecular weight excluding hydrogens is 300 g/mol. The van der Waals surface area contributed by atoms with Gasteiger partial charge in [-0.25, -0.2) is 0 Å². The van der Waals surface area contributed by atoms with Gasteiger partial charge in [0.15, 0.2) is 0 Å². The van der Waals surface area contributed by atoms with Crippen LogP contribution >= 0.6 is 27.7 Å². The second-order valence-electron chi connectivity index (χ2n) is 3.93. The molecular formula is C12H15BrN2OS. The van der Waals surface area contributed by atoms with Crippen molar-refractivity contribution in [1.29, 1.82) is 0 Å². The maximum absolute atomic E-state index is 11.7. The summed E-state index contributed by atoms with van der Waals surface area (Å²) in [5.74, 6) is 1.12. The van der Waals surface area contributed by atoms with E-state index in [1.165, 1.54) is 5.56 Å². The Morgan fingerprint density at radius 1 is 1.53 bits per heavy atom. The number of thioether (sulfide) groups is 1. The van der Waals surface area contributed by atoms with Crippen LogP contribution in [0.25, 0.3) is 0 Å². The lowest BCUT2D eigenvalue weighted by Crippen LogP contribution is -2.40. The Morgan fingerprint density at radius 3 is 2.88 bits per heavy atom. The molecule has 0 spiro atoms. The molecule has 1 saturated heterocycles. The highest BCUT2D eigenvalue weighted by Crippen LogP contribution is 2.25. The molecule has 17 heavy (non-hydrogen) atoms. The van der Waals surface area contributed by atoms with E-state index in [4.69, 9.17) is 0 Å². The lowest BCUT2D eigenvalue weighted by molar-refractivity contribution is -0.122. The molecule has 1 unspecified atom stereocenters. The summed E-state index contributed by atoms with van der Waals surface area (Å²) in [5.41, 5.74) is 1.24. The van der Waals surface area contributed by atoms with Gasteiger partial charge in [0, 0.05) is 30.4 Å². The number of halogens is 1. The van der Waals surface area contributed by atoms with Crippen molar-refractivity contribution >= 4 is 33.6 Å². The number of carbonyl (C=O) groups excluding carboxylic acids is 1. The molecule has 1 amide bonds. The zero-order valence-corrected chi connectivity index (χ0v) is 12.1. The third-order valence-corrected chi connectivity index (χ3v) is 4.53. The van der Waals surface area contributed by atoms with Crippen LogP contribution in [0.2, 0.25) is 0 Å². The number of rotatable bonds is 3. The molecule has 0 bridgehead atoms. The number of hydrogen-bond donors (Lipinski definition) is 1. The number of nitrogens with zero attached hydrogens (tertiary/aromatic N) is 1. The molecule has 3 nitrogen and oxygen atoms in total. The molecule has 0 aliphatic carbocycles. The Balaban J connectivity index is 2.02. The summed E-state index contributed by atoms with van der Waals surface area (Å²) in [6.07, 6.45) is 0. The SMILES string of the molecule is CNC(=O)C1SCCN1Cc1ccc(Br)cc1. The zero-order valence-electron chi connectivity index (χ0n) is 9.65. The molecule has 0 saturated carbocycles. The Kier molecular flexibility index (Phi) is 4.48. The highest BCUT2D eigenvalue weighted by atomic mass is 79.9. The van der Waals surface area contributed by atoms with Gasteiger partial charge in [0.05, 0.1) is 0 Å². The molecule has 1 aliphatic rings. The third-order valence-electron chi connectivity index (χ3n) is 2.76. The molecule has 1 fully saturated rings.